The minimum Gasteiger partial charge on any atom is -0.463 e. The number of piperidine rings is 2. The van der Waals surface area contributed by atoms with Gasteiger partial charge in [-0.1, -0.05) is 40.5 Å². The number of esters is 2. The Labute approximate surface area is 153 Å². The molecule has 3 fully saturated rings. The fourth-order valence-corrected chi connectivity index (χ4v) is 2.85. The van der Waals surface area contributed by atoms with E-state index < -0.39 is 34.8 Å². The first kappa shape index (κ1) is 20.2. The van der Waals surface area contributed by atoms with E-state index in [1.807, 2.05) is 27.7 Å². The average Bonchev–Trinajstić information content (AvgIpc) is 2.64. The first-order chi connectivity index (χ1) is 12.2. The van der Waals surface area contributed by atoms with E-state index in [4.69, 9.17) is 9.47 Å². The van der Waals surface area contributed by atoms with E-state index in [9.17, 15) is 19.2 Å². The topological polar surface area (TPSA) is 111 Å². The lowest BCUT2D eigenvalue weighted by Crippen LogP contribution is -2.83. The molecule has 2 amide bonds. The molecule has 8 heteroatoms. The third kappa shape index (κ3) is 3.41. The molecule has 0 spiro atoms. The van der Waals surface area contributed by atoms with Gasteiger partial charge in [0.15, 0.2) is 0 Å². The zero-order valence-corrected chi connectivity index (χ0v) is 15.8. The zero-order chi connectivity index (χ0) is 19.5. The SMILES string of the molecule is CC[C@H](C)COC(=O)C12CCC(C(=O)OC[C@@H](C)CC)(NC1=O)C(=O)N2. The average molecular weight is 368 g/mol. The summed E-state index contributed by atoms with van der Waals surface area (Å²) < 4.78 is 10.5. The van der Waals surface area contributed by atoms with E-state index in [1.165, 1.54) is 0 Å². The number of piperazine rings is 1. The Morgan fingerprint density at radius 2 is 1.23 bits per heavy atom. The number of amides is 2. The summed E-state index contributed by atoms with van der Waals surface area (Å²) in [5.74, 6) is -2.72. The second-order valence-electron chi connectivity index (χ2n) is 7.44. The van der Waals surface area contributed by atoms with Crippen molar-refractivity contribution in [1.82, 2.24) is 10.6 Å². The summed E-state index contributed by atoms with van der Waals surface area (Å²) in [7, 11) is 0. The van der Waals surface area contributed by atoms with Crippen molar-refractivity contribution >= 4 is 23.8 Å². The third-order valence-electron chi connectivity index (χ3n) is 5.39. The highest BCUT2D eigenvalue weighted by Crippen LogP contribution is 2.35. The van der Waals surface area contributed by atoms with Crippen LogP contribution in [0.25, 0.3) is 0 Å². The van der Waals surface area contributed by atoms with Gasteiger partial charge in [0, 0.05) is 0 Å². The predicted molar refractivity (Wildman–Crippen MR) is 91.8 cm³/mol. The van der Waals surface area contributed by atoms with Gasteiger partial charge in [0.05, 0.1) is 13.2 Å². The second-order valence-corrected chi connectivity index (χ2v) is 7.44. The number of carbonyl (C=O) groups is 4. The van der Waals surface area contributed by atoms with Crippen molar-refractivity contribution < 1.29 is 28.7 Å². The van der Waals surface area contributed by atoms with E-state index >= 15 is 0 Å². The van der Waals surface area contributed by atoms with Crippen LogP contribution in [0.4, 0.5) is 0 Å². The zero-order valence-electron chi connectivity index (χ0n) is 15.8. The van der Waals surface area contributed by atoms with Gasteiger partial charge in [-0.05, 0) is 24.7 Å². The van der Waals surface area contributed by atoms with Crippen LogP contribution in [0.3, 0.4) is 0 Å². The molecule has 2 bridgehead atoms. The van der Waals surface area contributed by atoms with E-state index in [-0.39, 0.29) is 37.9 Å². The quantitative estimate of drug-likeness (QED) is 0.481. The lowest BCUT2D eigenvalue weighted by atomic mass is 9.73. The molecule has 0 aromatic rings. The summed E-state index contributed by atoms with van der Waals surface area (Å²) in [5.41, 5.74) is -3.52. The van der Waals surface area contributed by atoms with Gasteiger partial charge in [-0.15, -0.1) is 0 Å². The van der Waals surface area contributed by atoms with Crippen molar-refractivity contribution in [2.75, 3.05) is 13.2 Å². The maximum Gasteiger partial charge on any atom is 0.341 e. The van der Waals surface area contributed by atoms with Gasteiger partial charge < -0.3 is 20.1 Å². The molecular weight excluding hydrogens is 340 g/mol. The van der Waals surface area contributed by atoms with Crippen molar-refractivity contribution in [3.63, 3.8) is 0 Å². The molecule has 2 N–H and O–H groups in total. The number of carbonyl (C=O) groups excluding carboxylic acids is 4. The maximum absolute atomic E-state index is 12.5. The molecule has 146 valence electrons. The van der Waals surface area contributed by atoms with E-state index in [0.717, 1.165) is 12.8 Å². The van der Waals surface area contributed by atoms with Crippen LogP contribution in [-0.4, -0.2) is 48.0 Å². The standard InChI is InChI=1S/C18H28N2O6/c1-5-11(3)9-25-15(23)17-7-8-18(14(22)19-17,20-13(17)21)16(24)26-10-12(4)6-2/h11-12H,5-10H2,1-4H3,(H,19,22)(H,20,21)/t11-,12-,17?,18?/m0/s1. The Balaban J connectivity index is 2.10. The Kier molecular flexibility index (Phi) is 5.93. The first-order valence-electron chi connectivity index (χ1n) is 9.21. The van der Waals surface area contributed by atoms with Crippen molar-refractivity contribution in [2.45, 2.75) is 64.5 Å². The highest BCUT2D eigenvalue weighted by Gasteiger charge is 2.67. The van der Waals surface area contributed by atoms with Gasteiger partial charge in [-0.2, -0.15) is 0 Å². The molecule has 0 aromatic carbocycles. The molecule has 3 aliphatic heterocycles. The molecule has 8 nitrogen and oxygen atoms in total. The number of nitrogens with one attached hydrogen (secondary N) is 2. The van der Waals surface area contributed by atoms with E-state index in [0.29, 0.717) is 0 Å². The lowest BCUT2D eigenvalue weighted by molar-refractivity contribution is -0.178. The second kappa shape index (κ2) is 7.63. The van der Waals surface area contributed by atoms with Crippen LogP contribution in [0.5, 0.6) is 0 Å². The molecule has 0 aliphatic carbocycles. The monoisotopic (exact) mass is 368 g/mol. The van der Waals surface area contributed by atoms with Crippen LogP contribution >= 0.6 is 0 Å². The van der Waals surface area contributed by atoms with Gasteiger partial charge in [0.1, 0.15) is 0 Å². The summed E-state index contributed by atoms with van der Waals surface area (Å²) in [6.07, 6.45) is 1.65. The van der Waals surface area contributed by atoms with Crippen molar-refractivity contribution in [3.05, 3.63) is 0 Å². The molecule has 3 rings (SSSR count). The molecule has 26 heavy (non-hydrogen) atoms. The number of hydrogen-bond acceptors (Lipinski definition) is 6. The van der Waals surface area contributed by atoms with Gasteiger partial charge in [0.2, 0.25) is 11.1 Å². The molecule has 0 aromatic heterocycles. The summed E-state index contributed by atoms with van der Waals surface area (Å²) in [4.78, 5) is 50.0. The number of rotatable bonds is 8. The summed E-state index contributed by atoms with van der Waals surface area (Å²) in [6.45, 7) is 8.11. The number of fused-ring (bicyclic) bond motifs is 3. The van der Waals surface area contributed by atoms with Gasteiger partial charge in [-0.3, -0.25) is 9.59 Å². The molecule has 4 atom stereocenters. The van der Waals surface area contributed by atoms with E-state index in [1.54, 1.807) is 0 Å². The maximum atomic E-state index is 12.5. The minimum absolute atomic E-state index is 0.00233. The lowest BCUT2D eigenvalue weighted by Gasteiger charge is -2.48. The minimum atomic E-state index is -1.76. The first-order valence-corrected chi connectivity index (χ1v) is 9.21. The number of hydrogen-bond donors (Lipinski definition) is 2. The summed E-state index contributed by atoms with van der Waals surface area (Å²) in [5, 5.41) is 4.84. The molecule has 3 heterocycles. The normalized spacial score (nSPS) is 29.4. The molecule has 3 saturated heterocycles. The van der Waals surface area contributed by atoms with Crippen LogP contribution in [0.15, 0.2) is 0 Å². The van der Waals surface area contributed by atoms with E-state index in [2.05, 4.69) is 10.6 Å². The molecule has 0 radical (unpaired) electrons. The van der Waals surface area contributed by atoms with Crippen molar-refractivity contribution in [3.8, 4) is 0 Å². The van der Waals surface area contributed by atoms with Crippen LogP contribution in [0.1, 0.15) is 53.4 Å². The highest BCUT2D eigenvalue weighted by atomic mass is 16.5. The van der Waals surface area contributed by atoms with Crippen LogP contribution < -0.4 is 10.6 Å². The molecular formula is C18H28N2O6. The third-order valence-corrected chi connectivity index (χ3v) is 5.39. The Bertz CT molecular complexity index is 554. The molecule has 2 unspecified atom stereocenters. The van der Waals surface area contributed by atoms with Crippen molar-refractivity contribution in [1.29, 1.82) is 0 Å². The molecule has 3 aliphatic rings. The Morgan fingerprint density at radius 3 is 1.50 bits per heavy atom. The smallest absolute Gasteiger partial charge is 0.341 e. The summed E-state index contributed by atoms with van der Waals surface area (Å²) in [6, 6.07) is 0. The van der Waals surface area contributed by atoms with Crippen LogP contribution in [-0.2, 0) is 28.7 Å². The van der Waals surface area contributed by atoms with Crippen LogP contribution in [0, 0.1) is 11.8 Å². The number of ether oxygens (including phenoxy) is 2. The highest BCUT2D eigenvalue weighted by molar-refractivity contribution is 6.22. The van der Waals surface area contributed by atoms with Gasteiger partial charge in [0.25, 0.3) is 11.8 Å². The largest absolute Gasteiger partial charge is 0.463 e. The van der Waals surface area contributed by atoms with Gasteiger partial charge >= 0.3 is 11.9 Å². The van der Waals surface area contributed by atoms with Crippen LogP contribution in [0.2, 0.25) is 0 Å². The summed E-state index contributed by atoms with van der Waals surface area (Å²) >= 11 is 0. The molecule has 0 saturated carbocycles. The Morgan fingerprint density at radius 1 is 0.885 bits per heavy atom. The van der Waals surface area contributed by atoms with Gasteiger partial charge in [-0.25, -0.2) is 9.59 Å². The Hall–Kier alpha value is -2.12. The van der Waals surface area contributed by atoms with Crippen molar-refractivity contribution in [2.24, 2.45) is 11.8 Å². The fraction of sp³-hybridized carbons (Fsp3) is 0.778. The fourth-order valence-electron chi connectivity index (χ4n) is 2.85. The predicted octanol–water partition coefficient (Wildman–Crippen LogP) is 0.682.